The number of hydrogen-bond donors (Lipinski definition) is 2. The summed E-state index contributed by atoms with van der Waals surface area (Å²) >= 11 is 0. The lowest BCUT2D eigenvalue weighted by molar-refractivity contribution is 0.0953. The number of carbonyl (C=O) groups is 1. The van der Waals surface area contributed by atoms with E-state index in [9.17, 15) is 4.79 Å². The summed E-state index contributed by atoms with van der Waals surface area (Å²) in [5, 5.41) is 8.90. The number of rotatable bonds is 4. The van der Waals surface area contributed by atoms with Gasteiger partial charge >= 0.3 is 0 Å². The number of nitrogens with zero attached hydrogens (tertiary/aromatic N) is 1. The van der Waals surface area contributed by atoms with Gasteiger partial charge in [-0.1, -0.05) is 6.92 Å². The van der Waals surface area contributed by atoms with E-state index in [1.165, 1.54) is 6.07 Å². The van der Waals surface area contributed by atoms with E-state index < -0.39 is 5.91 Å². The van der Waals surface area contributed by atoms with E-state index in [1.807, 2.05) is 18.4 Å². The van der Waals surface area contributed by atoms with Crippen LogP contribution in [0.2, 0.25) is 0 Å². The number of benzene rings is 1. The molecule has 5 nitrogen and oxygen atoms in total. The number of nitrogens with two attached hydrogens (primary N) is 1. The summed E-state index contributed by atoms with van der Waals surface area (Å²) in [7, 11) is 0. The smallest absolute Gasteiger partial charge is 0.265 e. The SMILES string of the molecule is CCCOc1ccc(C(=O)NN)cc1C#N. The number of nitriles is 1. The lowest BCUT2D eigenvalue weighted by Gasteiger charge is -2.07. The molecule has 0 unspecified atom stereocenters. The van der Waals surface area contributed by atoms with E-state index in [1.54, 1.807) is 12.1 Å². The molecule has 1 aromatic rings. The van der Waals surface area contributed by atoms with Gasteiger partial charge in [0.1, 0.15) is 11.8 Å². The zero-order valence-electron chi connectivity index (χ0n) is 8.99. The lowest BCUT2D eigenvalue weighted by atomic mass is 10.1. The fourth-order valence-corrected chi connectivity index (χ4v) is 1.18. The maximum absolute atomic E-state index is 11.2. The molecular weight excluding hydrogens is 206 g/mol. The largest absolute Gasteiger partial charge is 0.492 e. The molecule has 0 aromatic heterocycles. The maximum atomic E-state index is 11.2. The van der Waals surface area contributed by atoms with E-state index in [-0.39, 0.29) is 0 Å². The molecule has 0 aliphatic heterocycles. The number of amides is 1. The van der Waals surface area contributed by atoms with Gasteiger partial charge in [0, 0.05) is 5.56 Å². The molecule has 16 heavy (non-hydrogen) atoms. The molecule has 0 fully saturated rings. The van der Waals surface area contributed by atoms with Gasteiger partial charge in [0.2, 0.25) is 0 Å². The predicted molar refractivity (Wildman–Crippen MR) is 58.6 cm³/mol. The molecule has 0 spiro atoms. The highest BCUT2D eigenvalue weighted by molar-refractivity contribution is 5.94. The van der Waals surface area contributed by atoms with Crippen LogP contribution in [-0.2, 0) is 0 Å². The third-order valence-electron chi connectivity index (χ3n) is 1.95. The van der Waals surface area contributed by atoms with Crippen molar-refractivity contribution in [1.82, 2.24) is 5.43 Å². The Morgan fingerprint density at radius 2 is 2.38 bits per heavy atom. The van der Waals surface area contributed by atoms with Gasteiger partial charge in [-0.25, -0.2) is 5.84 Å². The van der Waals surface area contributed by atoms with Crippen LogP contribution >= 0.6 is 0 Å². The monoisotopic (exact) mass is 219 g/mol. The molecule has 1 aromatic carbocycles. The van der Waals surface area contributed by atoms with Crippen molar-refractivity contribution >= 4 is 5.91 Å². The zero-order valence-corrected chi connectivity index (χ0v) is 8.99. The minimum absolute atomic E-state index is 0.328. The Balaban J connectivity index is 2.98. The quantitative estimate of drug-likeness (QED) is 0.448. The summed E-state index contributed by atoms with van der Waals surface area (Å²) in [5.41, 5.74) is 2.67. The van der Waals surface area contributed by atoms with E-state index in [0.717, 1.165) is 6.42 Å². The standard InChI is InChI=1S/C11H13N3O2/c1-2-5-16-10-4-3-8(11(15)14-13)6-9(10)7-12/h3-4,6H,2,5,13H2,1H3,(H,14,15). The molecule has 1 amide bonds. The van der Waals surface area contributed by atoms with Gasteiger partial charge in [-0.3, -0.25) is 10.2 Å². The Bertz CT molecular complexity index is 424. The van der Waals surface area contributed by atoms with Crippen LogP contribution in [0, 0.1) is 11.3 Å². The van der Waals surface area contributed by atoms with Crippen molar-refractivity contribution in [2.24, 2.45) is 5.84 Å². The number of hydrazine groups is 1. The molecule has 0 atom stereocenters. The number of nitrogen functional groups attached to an aromatic ring is 1. The maximum Gasteiger partial charge on any atom is 0.265 e. The van der Waals surface area contributed by atoms with Crippen LogP contribution in [-0.4, -0.2) is 12.5 Å². The second-order valence-electron chi connectivity index (χ2n) is 3.14. The van der Waals surface area contributed by atoms with Crippen LogP contribution in [0.3, 0.4) is 0 Å². The molecule has 0 radical (unpaired) electrons. The summed E-state index contributed by atoms with van der Waals surface area (Å²) in [4.78, 5) is 11.2. The van der Waals surface area contributed by atoms with Crippen LogP contribution in [0.4, 0.5) is 0 Å². The normalized spacial score (nSPS) is 9.31. The lowest BCUT2D eigenvalue weighted by Crippen LogP contribution is -2.30. The topological polar surface area (TPSA) is 88.1 Å². The molecule has 0 saturated heterocycles. The predicted octanol–water partition coefficient (Wildman–Crippen LogP) is 0.951. The fraction of sp³-hybridized carbons (Fsp3) is 0.273. The van der Waals surface area contributed by atoms with Crippen LogP contribution in [0.5, 0.6) is 5.75 Å². The van der Waals surface area contributed by atoms with E-state index >= 15 is 0 Å². The average Bonchev–Trinajstić information content (AvgIpc) is 2.35. The molecule has 1 rings (SSSR count). The Kier molecular flexibility index (Phi) is 4.30. The third-order valence-corrected chi connectivity index (χ3v) is 1.95. The van der Waals surface area contributed by atoms with Gasteiger partial charge in [-0.15, -0.1) is 0 Å². The van der Waals surface area contributed by atoms with Crippen LogP contribution in [0.1, 0.15) is 29.3 Å². The number of nitrogens with one attached hydrogen (secondary N) is 1. The molecule has 0 saturated carbocycles. The van der Waals surface area contributed by atoms with Gasteiger partial charge in [0.15, 0.2) is 0 Å². The van der Waals surface area contributed by atoms with Gasteiger partial charge in [0.25, 0.3) is 5.91 Å². The first-order valence-electron chi connectivity index (χ1n) is 4.90. The van der Waals surface area contributed by atoms with Gasteiger partial charge in [-0.05, 0) is 24.6 Å². The molecular formula is C11H13N3O2. The second kappa shape index (κ2) is 5.73. The first-order chi connectivity index (χ1) is 7.72. The van der Waals surface area contributed by atoms with Crippen molar-refractivity contribution < 1.29 is 9.53 Å². The van der Waals surface area contributed by atoms with E-state index in [0.29, 0.717) is 23.5 Å². The molecule has 0 aliphatic rings. The van der Waals surface area contributed by atoms with Crippen LogP contribution in [0.15, 0.2) is 18.2 Å². The fourth-order valence-electron chi connectivity index (χ4n) is 1.18. The van der Waals surface area contributed by atoms with Crippen molar-refractivity contribution in [2.75, 3.05) is 6.61 Å². The summed E-state index contributed by atoms with van der Waals surface area (Å²) in [6.45, 7) is 2.51. The number of hydrogen-bond acceptors (Lipinski definition) is 4. The van der Waals surface area contributed by atoms with Crippen molar-refractivity contribution in [3.8, 4) is 11.8 Å². The highest BCUT2D eigenvalue weighted by Crippen LogP contribution is 2.19. The van der Waals surface area contributed by atoms with E-state index in [4.69, 9.17) is 15.8 Å². The average molecular weight is 219 g/mol. The Morgan fingerprint density at radius 1 is 1.62 bits per heavy atom. The van der Waals surface area contributed by atoms with Gasteiger partial charge in [-0.2, -0.15) is 5.26 Å². The Hall–Kier alpha value is -2.06. The van der Waals surface area contributed by atoms with Crippen LogP contribution in [0.25, 0.3) is 0 Å². The van der Waals surface area contributed by atoms with Crippen molar-refractivity contribution in [1.29, 1.82) is 5.26 Å². The molecule has 84 valence electrons. The third kappa shape index (κ3) is 2.72. The van der Waals surface area contributed by atoms with Crippen molar-refractivity contribution in [3.63, 3.8) is 0 Å². The minimum Gasteiger partial charge on any atom is -0.492 e. The highest BCUT2D eigenvalue weighted by atomic mass is 16.5. The highest BCUT2D eigenvalue weighted by Gasteiger charge is 2.09. The molecule has 0 aliphatic carbocycles. The van der Waals surface area contributed by atoms with Crippen molar-refractivity contribution in [2.45, 2.75) is 13.3 Å². The zero-order chi connectivity index (χ0) is 12.0. The first kappa shape index (κ1) is 12.0. The summed E-state index contributed by atoms with van der Waals surface area (Å²) in [6.07, 6.45) is 0.857. The first-order valence-corrected chi connectivity index (χ1v) is 4.90. The van der Waals surface area contributed by atoms with Crippen molar-refractivity contribution in [3.05, 3.63) is 29.3 Å². The summed E-state index contributed by atoms with van der Waals surface area (Å²) < 4.78 is 5.36. The summed E-state index contributed by atoms with van der Waals surface area (Å²) in [5.74, 6) is 5.05. The summed E-state index contributed by atoms with van der Waals surface area (Å²) in [6, 6.07) is 6.59. The minimum atomic E-state index is -0.432. The van der Waals surface area contributed by atoms with Gasteiger partial charge in [0.05, 0.1) is 12.2 Å². The molecule has 0 heterocycles. The number of carbonyl (C=O) groups excluding carboxylic acids is 1. The number of ether oxygens (including phenoxy) is 1. The Morgan fingerprint density at radius 3 is 2.94 bits per heavy atom. The van der Waals surface area contributed by atoms with E-state index in [2.05, 4.69) is 0 Å². The van der Waals surface area contributed by atoms with Crippen LogP contribution < -0.4 is 16.0 Å². The molecule has 5 heteroatoms. The van der Waals surface area contributed by atoms with Gasteiger partial charge < -0.3 is 4.74 Å². The molecule has 3 N–H and O–H groups in total. The Labute approximate surface area is 93.8 Å². The molecule has 0 bridgehead atoms. The second-order valence-corrected chi connectivity index (χ2v) is 3.14.